The minimum atomic E-state index is -4.45. The Balaban J connectivity index is 1.52. The Labute approximate surface area is 222 Å². The van der Waals surface area contributed by atoms with E-state index in [0.29, 0.717) is 10.6 Å². The number of halogens is 1. The van der Waals surface area contributed by atoms with Crippen molar-refractivity contribution in [3.05, 3.63) is 89.4 Å². The number of aliphatic carboxylic acids is 1. The molecule has 11 nitrogen and oxygen atoms in total. The molecule has 2 atom stereocenters. The Hall–Kier alpha value is -4.13. The van der Waals surface area contributed by atoms with E-state index in [9.17, 15) is 23.1 Å². The number of hydrogen-bond acceptors (Lipinski definition) is 7. The predicted octanol–water partition coefficient (Wildman–Crippen LogP) is 3.16. The predicted molar refractivity (Wildman–Crippen MR) is 138 cm³/mol. The number of nitrogens with one attached hydrogen (secondary N) is 2. The number of benzene rings is 3. The maximum atomic E-state index is 13.9. The first-order valence-electron chi connectivity index (χ1n) is 11.4. The number of carbonyl (C=O) groups excluding carboxylic acids is 1. The van der Waals surface area contributed by atoms with Gasteiger partial charge in [-0.25, -0.2) is 13.5 Å². The third-order valence-electron chi connectivity index (χ3n) is 6.46. The van der Waals surface area contributed by atoms with Gasteiger partial charge in [-0.2, -0.15) is 4.31 Å². The molecule has 1 aromatic heterocycles. The molecule has 1 aliphatic rings. The number of sulfonamides is 1. The summed E-state index contributed by atoms with van der Waals surface area (Å²) in [6.45, 7) is -0.766. The van der Waals surface area contributed by atoms with E-state index in [-0.39, 0.29) is 17.3 Å². The van der Waals surface area contributed by atoms with Gasteiger partial charge in [-0.05, 0) is 57.8 Å². The van der Waals surface area contributed by atoms with Crippen LogP contribution in [0.25, 0.3) is 11.1 Å². The van der Waals surface area contributed by atoms with Crippen LogP contribution in [-0.2, 0) is 19.6 Å². The quantitative estimate of drug-likeness (QED) is 0.285. The number of amides is 1. The van der Waals surface area contributed by atoms with Gasteiger partial charge in [0.1, 0.15) is 5.54 Å². The summed E-state index contributed by atoms with van der Waals surface area (Å²) < 4.78 is 28.7. The highest BCUT2D eigenvalue weighted by atomic mass is 35.5. The SMILES string of the molecule is O=C(CN([C@]1(C(=O)O)C[C@H]1c1ccccc1)S(=O)(=O)c1ccc(-c2ccc(Cl)cc2)cc1)Nc1nnn[nH]1. The molecule has 38 heavy (non-hydrogen) atoms. The van der Waals surface area contributed by atoms with E-state index in [0.717, 1.165) is 15.4 Å². The molecular formula is C25H21ClN6O5S. The monoisotopic (exact) mass is 552 g/mol. The second-order valence-electron chi connectivity index (χ2n) is 8.74. The molecule has 1 heterocycles. The first kappa shape index (κ1) is 25.5. The van der Waals surface area contributed by atoms with E-state index >= 15 is 0 Å². The van der Waals surface area contributed by atoms with Crippen molar-refractivity contribution in [1.29, 1.82) is 0 Å². The third-order valence-corrected chi connectivity index (χ3v) is 8.61. The van der Waals surface area contributed by atoms with Gasteiger partial charge in [-0.3, -0.25) is 14.9 Å². The number of tetrazole rings is 1. The van der Waals surface area contributed by atoms with Crippen molar-refractivity contribution in [2.24, 2.45) is 0 Å². The van der Waals surface area contributed by atoms with Gasteiger partial charge in [0, 0.05) is 10.9 Å². The van der Waals surface area contributed by atoms with Crippen LogP contribution >= 0.6 is 11.6 Å². The normalized spacial score (nSPS) is 18.7. The third kappa shape index (κ3) is 4.76. The van der Waals surface area contributed by atoms with Crippen LogP contribution < -0.4 is 5.32 Å². The lowest BCUT2D eigenvalue weighted by Crippen LogP contribution is -2.51. The van der Waals surface area contributed by atoms with Crippen molar-refractivity contribution < 1.29 is 23.1 Å². The van der Waals surface area contributed by atoms with Gasteiger partial charge in [0.05, 0.1) is 11.4 Å². The molecule has 1 aliphatic carbocycles. The van der Waals surface area contributed by atoms with Gasteiger partial charge in [-0.1, -0.05) is 71.3 Å². The molecule has 0 unspecified atom stereocenters. The van der Waals surface area contributed by atoms with Crippen LogP contribution in [0.2, 0.25) is 5.02 Å². The minimum absolute atomic E-state index is 0.00553. The molecule has 1 fully saturated rings. The molecule has 4 aromatic rings. The molecule has 0 radical (unpaired) electrons. The zero-order valence-electron chi connectivity index (χ0n) is 19.7. The Morgan fingerprint density at radius 2 is 1.66 bits per heavy atom. The number of carboxylic acids is 1. The van der Waals surface area contributed by atoms with Crippen molar-refractivity contribution in [2.45, 2.75) is 22.8 Å². The van der Waals surface area contributed by atoms with Gasteiger partial charge >= 0.3 is 5.97 Å². The summed E-state index contributed by atoms with van der Waals surface area (Å²) in [5.74, 6) is -2.89. The van der Waals surface area contributed by atoms with Crippen LogP contribution in [0.3, 0.4) is 0 Å². The summed E-state index contributed by atoms with van der Waals surface area (Å²) in [7, 11) is -4.45. The fraction of sp³-hybridized carbons (Fsp3) is 0.160. The Morgan fingerprint density at radius 3 is 2.24 bits per heavy atom. The summed E-state index contributed by atoms with van der Waals surface area (Å²) in [6, 6.07) is 21.8. The molecule has 13 heteroatoms. The molecule has 0 bridgehead atoms. The summed E-state index contributed by atoms with van der Waals surface area (Å²) >= 11 is 5.96. The van der Waals surface area contributed by atoms with Crippen LogP contribution in [0.4, 0.5) is 5.95 Å². The maximum absolute atomic E-state index is 13.9. The second kappa shape index (κ2) is 9.97. The number of carboxylic acid groups (broad SMARTS) is 1. The first-order chi connectivity index (χ1) is 18.2. The Kier molecular flexibility index (Phi) is 6.69. The van der Waals surface area contributed by atoms with Crippen molar-refractivity contribution >= 4 is 39.4 Å². The summed E-state index contributed by atoms with van der Waals surface area (Å²) in [5, 5.41) is 25.9. The molecular weight excluding hydrogens is 532 g/mol. The fourth-order valence-corrected chi connectivity index (χ4v) is 6.35. The molecule has 3 aromatic carbocycles. The summed E-state index contributed by atoms with van der Waals surface area (Å²) in [4.78, 5) is 25.4. The van der Waals surface area contributed by atoms with Gasteiger partial charge in [0.25, 0.3) is 0 Å². The number of aromatic amines is 1. The zero-order chi connectivity index (χ0) is 26.9. The molecule has 3 N–H and O–H groups in total. The highest BCUT2D eigenvalue weighted by molar-refractivity contribution is 7.89. The van der Waals surface area contributed by atoms with Crippen molar-refractivity contribution in [2.75, 3.05) is 11.9 Å². The van der Waals surface area contributed by atoms with Crippen LogP contribution in [0.1, 0.15) is 17.9 Å². The zero-order valence-corrected chi connectivity index (χ0v) is 21.2. The lowest BCUT2D eigenvalue weighted by molar-refractivity contribution is -0.143. The van der Waals surface area contributed by atoms with Crippen LogP contribution in [0.5, 0.6) is 0 Å². The highest BCUT2D eigenvalue weighted by Gasteiger charge is 2.68. The standard InChI is InChI=1S/C25H21ClN6O5S/c26-19-10-6-16(7-11-19)17-8-12-20(13-9-17)38(36,37)32(15-22(33)27-24-28-30-31-29-24)25(23(34)35)14-21(25)18-4-2-1-3-5-18/h1-13,21H,14-15H2,(H,34,35)(H2,27,28,29,30,31,33)/t21-,25+/m0/s1. The van der Waals surface area contributed by atoms with Crippen molar-refractivity contribution in [3.8, 4) is 11.1 Å². The van der Waals surface area contributed by atoms with Gasteiger partial charge in [-0.15, -0.1) is 0 Å². The molecule has 5 rings (SSSR count). The molecule has 1 amide bonds. The van der Waals surface area contributed by atoms with E-state index in [2.05, 4.69) is 25.9 Å². The Morgan fingerprint density at radius 1 is 1.03 bits per heavy atom. The molecule has 1 saturated carbocycles. The molecule has 0 aliphatic heterocycles. The lowest BCUT2D eigenvalue weighted by Gasteiger charge is -2.29. The number of hydrogen-bond donors (Lipinski definition) is 3. The second-order valence-corrected chi connectivity index (χ2v) is 11.0. The van der Waals surface area contributed by atoms with Crippen LogP contribution in [0.15, 0.2) is 83.8 Å². The first-order valence-corrected chi connectivity index (χ1v) is 13.2. The van der Waals surface area contributed by atoms with Crippen LogP contribution in [-0.4, -0.2) is 62.4 Å². The van der Waals surface area contributed by atoms with Crippen LogP contribution in [0, 0.1) is 0 Å². The average molecular weight is 553 g/mol. The molecule has 0 spiro atoms. The smallest absolute Gasteiger partial charge is 0.325 e. The van der Waals surface area contributed by atoms with Crippen molar-refractivity contribution in [1.82, 2.24) is 24.9 Å². The average Bonchev–Trinajstić information content (AvgIpc) is 3.47. The molecule has 0 saturated heterocycles. The number of anilines is 1. The number of aromatic nitrogens is 4. The number of nitrogens with zero attached hydrogens (tertiary/aromatic N) is 4. The van der Waals surface area contributed by atoms with E-state index in [1.54, 1.807) is 66.7 Å². The van der Waals surface area contributed by atoms with Gasteiger partial charge in [0.2, 0.25) is 21.9 Å². The van der Waals surface area contributed by atoms with Gasteiger partial charge < -0.3 is 5.11 Å². The van der Waals surface area contributed by atoms with Crippen molar-refractivity contribution in [3.63, 3.8) is 0 Å². The van der Waals surface area contributed by atoms with E-state index in [4.69, 9.17) is 11.6 Å². The lowest BCUT2D eigenvalue weighted by atomic mass is 10.1. The minimum Gasteiger partial charge on any atom is -0.480 e. The number of carbonyl (C=O) groups is 2. The fourth-order valence-electron chi connectivity index (χ4n) is 4.49. The number of rotatable bonds is 9. The summed E-state index contributed by atoms with van der Waals surface area (Å²) in [6.07, 6.45) is 0.00553. The van der Waals surface area contributed by atoms with Gasteiger partial charge in [0.15, 0.2) is 0 Å². The summed E-state index contributed by atoms with van der Waals surface area (Å²) in [5.41, 5.74) is 0.368. The highest BCUT2D eigenvalue weighted by Crippen LogP contribution is 2.57. The largest absolute Gasteiger partial charge is 0.480 e. The maximum Gasteiger partial charge on any atom is 0.325 e. The van der Waals surface area contributed by atoms with E-state index in [1.165, 1.54) is 12.1 Å². The number of H-pyrrole nitrogens is 1. The van der Waals surface area contributed by atoms with E-state index < -0.39 is 39.9 Å². The topological polar surface area (TPSA) is 158 Å². The Bertz CT molecular complexity index is 1570. The van der Waals surface area contributed by atoms with E-state index in [1.807, 2.05) is 0 Å². The molecule has 194 valence electrons.